The van der Waals surface area contributed by atoms with Gasteiger partial charge in [-0.05, 0) is 44.9 Å². The monoisotopic (exact) mass is 316 g/mol. The number of carbonyl (C=O) groups excluding carboxylic acids is 1. The van der Waals surface area contributed by atoms with Gasteiger partial charge in [0.15, 0.2) is 0 Å². The van der Waals surface area contributed by atoms with E-state index < -0.39 is 0 Å². The molecule has 0 spiro atoms. The highest BCUT2D eigenvalue weighted by Crippen LogP contribution is 2.12. The van der Waals surface area contributed by atoms with Crippen LogP contribution >= 0.6 is 0 Å². The molecule has 2 N–H and O–H groups in total. The Morgan fingerprint density at radius 2 is 1.87 bits per heavy atom. The van der Waals surface area contributed by atoms with Gasteiger partial charge in [-0.3, -0.25) is 4.79 Å². The third kappa shape index (κ3) is 5.65. The number of nitrogens with one attached hydrogen (secondary N) is 2. The molecule has 2 rings (SSSR count). The summed E-state index contributed by atoms with van der Waals surface area (Å²) in [7, 11) is 0. The van der Waals surface area contributed by atoms with E-state index in [1.807, 2.05) is 20.8 Å². The summed E-state index contributed by atoms with van der Waals surface area (Å²) in [6.45, 7) is 6.49. The second-order valence-corrected chi connectivity index (χ2v) is 6.30. The van der Waals surface area contributed by atoms with Gasteiger partial charge in [0.05, 0.1) is 0 Å². The van der Waals surface area contributed by atoms with E-state index in [0.717, 1.165) is 5.56 Å². The smallest absolute Gasteiger partial charge is 0.270 e. The highest BCUT2D eigenvalue weighted by molar-refractivity contribution is 5.92. The fourth-order valence-electron chi connectivity index (χ4n) is 2.00. The van der Waals surface area contributed by atoms with E-state index in [1.54, 1.807) is 18.2 Å². The first kappa shape index (κ1) is 16.9. The number of carbonyl (C=O) groups is 1. The maximum atomic E-state index is 12.8. The van der Waals surface area contributed by atoms with Crippen molar-refractivity contribution >= 4 is 11.7 Å². The van der Waals surface area contributed by atoms with Gasteiger partial charge in [-0.1, -0.05) is 12.1 Å². The van der Waals surface area contributed by atoms with Crippen molar-refractivity contribution in [3.8, 4) is 0 Å². The van der Waals surface area contributed by atoms with Crippen LogP contribution in [0.2, 0.25) is 0 Å². The third-order valence-electron chi connectivity index (χ3n) is 3.02. The molecule has 0 aliphatic heterocycles. The molecule has 5 nitrogen and oxygen atoms in total. The number of benzene rings is 1. The minimum atomic E-state index is -0.266. The lowest BCUT2D eigenvalue weighted by Gasteiger charge is -2.21. The van der Waals surface area contributed by atoms with Crippen LogP contribution in [0.4, 0.5) is 10.2 Å². The molecule has 0 fully saturated rings. The molecule has 0 radical (unpaired) electrons. The molecular formula is C17H21FN4O. The first-order chi connectivity index (χ1) is 10.8. The number of rotatable bonds is 5. The second kappa shape index (κ2) is 7.17. The van der Waals surface area contributed by atoms with Gasteiger partial charge >= 0.3 is 0 Å². The molecule has 23 heavy (non-hydrogen) atoms. The topological polar surface area (TPSA) is 66.9 Å². The molecule has 1 aromatic carbocycles. The van der Waals surface area contributed by atoms with Gasteiger partial charge in [0.1, 0.15) is 23.7 Å². The predicted molar refractivity (Wildman–Crippen MR) is 87.8 cm³/mol. The van der Waals surface area contributed by atoms with Gasteiger partial charge in [0.25, 0.3) is 5.91 Å². The first-order valence-corrected chi connectivity index (χ1v) is 7.46. The molecule has 122 valence electrons. The van der Waals surface area contributed by atoms with Gasteiger partial charge < -0.3 is 10.6 Å². The molecule has 0 aliphatic rings. The number of amides is 1. The Morgan fingerprint density at radius 3 is 2.52 bits per heavy atom. The molecule has 1 amide bonds. The minimum Gasteiger partial charge on any atom is -0.365 e. The minimum absolute atomic E-state index is 0.148. The largest absolute Gasteiger partial charge is 0.365 e. The lowest BCUT2D eigenvalue weighted by atomic mass is 10.1. The van der Waals surface area contributed by atoms with Crippen LogP contribution in [-0.4, -0.2) is 28.0 Å². The van der Waals surface area contributed by atoms with Crippen LogP contribution in [-0.2, 0) is 6.42 Å². The van der Waals surface area contributed by atoms with Crippen LogP contribution in [0.5, 0.6) is 0 Å². The Balaban J connectivity index is 1.90. The van der Waals surface area contributed by atoms with Gasteiger partial charge in [-0.2, -0.15) is 0 Å². The molecule has 0 aliphatic carbocycles. The van der Waals surface area contributed by atoms with Crippen LogP contribution < -0.4 is 10.6 Å². The molecule has 0 bridgehead atoms. The highest BCUT2D eigenvalue weighted by Gasteiger charge is 2.13. The second-order valence-electron chi connectivity index (χ2n) is 6.30. The van der Waals surface area contributed by atoms with Gasteiger partial charge in [0.2, 0.25) is 0 Å². The van der Waals surface area contributed by atoms with Crippen molar-refractivity contribution in [2.45, 2.75) is 32.7 Å². The Labute approximate surface area is 135 Å². The number of aromatic nitrogens is 2. The fourth-order valence-corrected chi connectivity index (χ4v) is 2.00. The Hall–Kier alpha value is -2.50. The third-order valence-corrected chi connectivity index (χ3v) is 3.02. The van der Waals surface area contributed by atoms with Crippen molar-refractivity contribution in [2.75, 3.05) is 11.9 Å². The zero-order chi connectivity index (χ0) is 16.9. The molecule has 1 heterocycles. The summed E-state index contributed by atoms with van der Waals surface area (Å²) in [6, 6.07) is 7.85. The summed E-state index contributed by atoms with van der Waals surface area (Å²) in [5.41, 5.74) is 1.13. The lowest BCUT2D eigenvalue weighted by molar-refractivity contribution is 0.0949. The molecule has 6 heteroatoms. The molecular weight excluding hydrogens is 295 g/mol. The van der Waals surface area contributed by atoms with E-state index in [4.69, 9.17) is 0 Å². The molecule has 0 unspecified atom stereocenters. The summed E-state index contributed by atoms with van der Waals surface area (Å²) in [5.74, 6) is 0.0836. The van der Waals surface area contributed by atoms with E-state index in [0.29, 0.717) is 24.5 Å². The normalized spacial score (nSPS) is 11.1. The molecule has 1 aromatic heterocycles. The number of hydrogen-bond acceptors (Lipinski definition) is 4. The van der Waals surface area contributed by atoms with Gasteiger partial charge in [-0.25, -0.2) is 14.4 Å². The average molecular weight is 316 g/mol. The first-order valence-electron chi connectivity index (χ1n) is 7.46. The van der Waals surface area contributed by atoms with Crippen molar-refractivity contribution in [3.63, 3.8) is 0 Å². The Kier molecular flexibility index (Phi) is 5.26. The lowest BCUT2D eigenvalue weighted by Crippen LogP contribution is -2.29. The molecule has 0 saturated heterocycles. The summed E-state index contributed by atoms with van der Waals surface area (Å²) in [5, 5.41) is 6.00. The molecule has 0 saturated carbocycles. The predicted octanol–water partition coefficient (Wildman–Crippen LogP) is 2.80. The fraction of sp³-hybridized carbons (Fsp3) is 0.353. The summed E-state index contributed by atoms with van der Waals surface area (Å²) in [6.07, 6.45) is 1.99. The summed E-state index contributed by atoms with van der Waals surface area (Å²) >= 11 is 0. The number of nitrogens with zero attached hydrogens (tertiary/aromatic N) is 2. The maximum Gasteiger partial charge on any atom is 0.270 e. The zero-order valence-corrected chi connectivity index (χ0v) is 13.6. The van der Waals surface area contributed by atoms with Gasteiger partial charge in [-0.15, -0.1) is 0 Å². The standard InChI is InChI=1S/C17H21FN4O/c1-17(2,3)22-15-10-14(20-11-21-15)16(23)19-9-8-12-4-6-13(18)7-5-12/h4-7,10-11H,8-9H2,1-3H3,(H,19,23)(H,20,21,22). The SMILES string of the molecule is CC(C)(C)Nc1cc(C(=O)NCCc2ccc(F)cc2)ncn1. The van der Waals surface area contributed by atoms with Crippen molar-refractivity contribution in [3.05, 3.63) is 53.7 Å². The molecule has 0 atom stereocenters. The van der Waals surface area contributed by atoms with E-state index in [2.05, 4.69) is 20.6 Å². The highest BCUT2D eigenvalue weighted by atomic mass is 19.1. The summed E-state index contributed by atoms with van der Waals surface area (Å²) < 4.78 is 12.8. The van der Waals surface area contributed by atoms with Crippen LogP contribution in [0.25, 0.3) is 0 Å². The van der Waals surface area contributed by atoms with Crippen LogP contribution in [0.15, 0.2) is 36.7 Å². The van der Waals surface area contributed by atoms with Gasteiger partial charge in [0, 0.05) is 18.2 Å². The zero-order valence-electron chi connectivity index (χ0n) is 13.6. The Bertz CT molecular complexity index is 665. The van der Waals surface area contributed by atoms with E-state index in [1.165, 1.54) is 18.5 Å². The summed E-state index contributed by atoms with van der Waals surface area (Å²) in [4.78, 5) is 20.2. The average Bonchev–Trinajstić information content (AvgIpc) is 2.48. The number of anilines is 1. The quantitative estimate of drug-likeness (QED) is 0.890. The Morgan fingerprint density at radius 1 is 1.17 bits per heavy atom. The van der Waals surface area contributed by atoms with E-state index in [-0.39, 0.29) is 17.3 Å². The van der Waals surface area contributed by atoms with Crippen LogP contribution in [0.3, 0.4) is 0 Å². The van der Waals surface area contributed by atoms with Crippen molar-refractivity contribution in [1.29, 1.82) is 0 Å². The maximum absolute atomic E-state index is 12.8. The van der Waals surface area contributed by atoms with Crippen LogP contribution in [0.1, 0.15) is 36.8 Å². The van der Waals surface area contributed by atoms with Crippen LogP contribution in [0, 0.1) is 5.82 Å². The van der Waals surface area contributed by atoms with Crippen molar-refractivity contribution in [2.24, 2.45) is 0 Å². The number of halogens is 1. The number of hydrogen-bond donors (Lipinski definition) is 2. The van der Waals surface area contributed by atoms with E-state index >= 15 is 0 Å². The van der Waals surface area contributed by atoms with Crippen molar-refractivity contribution < 1.29 is 9.18 Å². The molecule has 2 aromatic rings. The van der Waals surface area contributed by atoms with Crippen molar-refractivity contribution in [1.82, 2.24) is 15.3 Å². The van der Waals surface area contributed by atoms with E-state index in [9.17, 15) is 9.18 Å².